The van der Waals surface area contributed by atoms with Crippen molar-refractivity contribution in [3.05, 3.63) is 59.2 Å². The minimum absolute atomic E-state index is 0.0146. The molecule has 2 aromatic rings. The van der Waals surface area contributed by atoms with Gasteiger partial charge in [0.05, 0.1) is 7.11 Å². The van der Waals surface area contributed by atoms with Gasteiger partial charge in [-0.2, -0.15) is 0 Å². The van der Waals surface area contributed by atoms with Gasteiger partial charge < -0.3 is 10.1 Å². The average molecular weight is 285 g/mol. The zero-order chi connectivity index (χ0) is 14.7. The van der Waals surface area contributed by atoms with E-state index in [1.54, 1.807) is 24.3 Å². The minimum Gasteiger partial charge on any atom is -0.497 e. The molecular formula is C14H11F4NO. The van der Waals surface area contributed by atoms with Crippen LogP contribution in [0.5, 0.6) is 5.75 Å². The van der Waals surface area contributed by atoms with Gasteiger partial charge in [-0.15, -0.1) is 0 Å². The summed E-state index contributed by atoms with van der Waals surface area (Å²) < 4.78 is 57.8. The highest BCUT2D eigenvalue weighted by Crippen LogP contribution is 2.24. The lowest BCUT2D eigenvalue weighted by Crippen LogP contribution is -2.07. The first-order valence-electron chi connectivity index (χ1n) is 5.72. The monoisotopic (exact) mass is 285 g/mol. The van der Waals surface area contributed by atoms with Crippen molar-refractivity contribution in [3.63, 3.8) is 0 Å². The van der Waals surface area contributed by atoms with Crippen molar-refractivity contribution in [2.45, 2.75) is 6.54 Å². The van der Waals surface area contributed by atoms with Gasteiger partial charge in [0, 0.05) is 12.6 Å². The van der Waals surface area contributed by atoms with Crippen LogP contribution < -0.4 is 10.1 Å². The van der Waals surface area contributed by atoms with Crippen LogP contribution in [0.2, 0.25) is 0 Å². The van der Waals surface area contributed by atoms with Gasteiger partial charge in [0.25, 0.3) is 0 Å². The Balaban J connectivity index is 2.18. The zero-order valence-electron chi connectivity index (χ0n) is 10.5. The van der Waals surface area contributed by atoms with E-state index >= 15 is 0 Å². The van der Waals surface area contributed by atoms with Crippen molar-refractivity contribution in [2.24, 2.45) is 0 Å². The number of hydrogen-bond acceptors (Lipinski definition) is 2. The summed E-state index contributed by atoms with van der Waals surface area (Å²) in [7, 11) is 1.51. The van der Waals surface area contributed by atoms with Gasteiger partial charge in [-0.05, 0) is 17.7 Å². The summed E-state index contributed by atoms with van der Waals surface area (Å²) in [5.41, 5.74) is -0.146. The maximum Gasteiger partial charge on any atom is 0.185 e. The van der Waals surface area contributed by atoms with E-state index in [1.165, 1.54) is 7.11 Å². The molecule has 0 amide bonds. The van der Waals surface area contributed by atoms with Crippen molar-refractivity contribution in [1.29, 1.82) is 0 Å². The van der Waals surface area contributed by atoms with Crippen LogP contribution in [0.15, 0.2) is 30.3 Å². The molecule has 0 saturated heterocycles. The van der Waals surface area contributed by atoms with E-state index < -0.39 is 29.0 Å². The minimum atomic E-state index is -1.45. The zero-order valence-corrected chi connectivity index (χ0v) is 10.5. The van der Waals surface area contributed by atoms with E-state index in [2.05, 4.69) is 5.32 Å². The molecule has 0 radical (unpaired) electrons. The Morgan fingerprint density at radius 2 is 1.50 bits per heavy atom. The Morgan fingerprint density at radius 3 is 2.00 bits per heavy atom. The second-order valence-electron chi connectivity index (χ2n) is 4.04. The fourth-order valence-electron chi connectivity index (χ4n) is 1.66. The SMILES string of the molecule is COc1ccc(CNc2c(F)c(F)cc(F)c2F)cc1. The summed E-state index contributed by atoms with van der Waals surface area (Å²) >= 11 is 0. The van der Waals surface area contributed by atoms with E-state index in [1.807, 2.05) is 0 Å². The topological polar surface area (TPSA) is 21.3 Å². The highest BCUT2D eigenvalue weighted by Gasteiger charge is 2.18. The Morgan fingerprint density at radius 1 is 0.950 bits per heavy atom. The number of anilines is 1. The summed E-state index contributed by atoms with van der Waals surface area (Å²) in [4.78, 5) is 0. The van der Waals surface area contributed by atoms with Crippen molar-refractivity contribution >= 4 is 5.69 Å². The van der Waals surface area contributed by atoms with Crippen LogP contribution in [0.1, 0.15) is 5.56 Å². The van der Waals surface area contributed by atoms with Gasteiger partial charge in [0.1, 0.15) is 11.4 Å². The molecule has 2 nitrogen and oxygen atoms in total. The van der Waals surface area contributed by atoms with E-state index in [0.717, 1.165) is 0 Å². The molecule has 6 heteroatoms. The molecule has 106 valence electrons. The third-order valence-corrected chi connectivity index (χ3v) is 2.74. The Hall–Kier alpha value is -2.24. The number of rotatable bonds is 4. The van der Waals surface area contributed by atoms with E-state index in [4.69, 9.17) is 4.74 Å². The van der Waals surface area contributed by atoms with Gasteiger partial charge in [0.15, 0.2) is 23.3 Å². The largest absolute Gasteiger partial charge is 0.497 e. The molecule has 0 aliphatic rings. The normalized spacial score (nSPS) is 10.4. The molecule has 0 aliphatic heterocycles. The lowest BCUT2D eigenvalue weighted by Gasteiger charge is -2.10. The van der Waals surface area contributed by atoms with E-state index in [9.17, 15) is 17.6 Å². The number of ether oxygens (including phenoxy) is 1. The summed E-state index contributed by atoms with van der Waals surface area (Å²) in [6, 6.07) is 6.82. The number of hydrogen-bond donors (Lipinski definition) is 1. The highest BCUT2D eigenvalue weighted by atomic mass is 19.2. The first kappa shape index (κ1) is 14.2. The summed E-state index contributed by atoms with van der Waals surface area (Å²) in [5.74, 6) is -5.15. The molecule has 0 saturated carbocycles. The number of halogens is 4. The Kier molecular flexibility index (Phi) is 4.12. The molecular weight excluding hydrogens is 274 g/mol. The fraction of sp³-hybridized carbons (Fsp3) is 0.143. The highest BCUT2D eigenvalue weighted by molar-refractivity contribution is 5.47. The third-order valence-electron chi connectivity index (χ3n) is 2.74. The number of methoxy groups -OCH3 is 1. The van der Waals surface area contributed by atoms with Crippen LogP contribution in [0, 0.1) is 23.3 Å². The molecule has 0 unspecified atom stereocenters. The van der Waals surface area contributed by atoms with Crippen molar-refractivity contribution in [3.8, 4) is 5.75 Å². The first-order chi connectivity index (χ1) is 9.52. The second kappa shape index (κ2) is 5.81. The Bertz CT molecular complexity index is 587. The van der Waals surface area contributed by atoms with Crippen molar-refractivity contribution in [1.82, 2.24) is 0 Å². The van der Waals surface area contributed by atoms with Crippen LogP contribution in [0.25, 0.3) is 0 Å². The predicted molar refractivity (Wildman–Crippen MR) is 66.6 cm³/mol. The molecule has 20 heavy (non-hydrogen) atoms. The molecule has 0 spiro atoms. The lowest BCUT2D eigenvalue weighted by atomic mass is 10.2. The summed E-state index contributed by atoms with van der Waals surface area (Å²) in [5, 5.41) is 2.35. The smallest absolute Gasteiger partial charge is 0.185 e. The van der Waals surface area contributed by atoms with Gasteiger partial charge in [-0.1, -0.05) is 12.1 Å². The van der Waals surface area contributed by atoms with Crippen LogP contribution in [0.4, 0.5) is 23.2 Å². The molecule has 0 aliphatic carbocycles. The van der Waals surface area contributed by atoms with Gasteiger partial charge in [0.2, 0.25) is 0 Å². The van der Waals surface area contributed by atoms with Crippen LogP contribution in [-0.2, 0) is 6.54 Å². The maximum atomic E-state index is 13.4. The molecule has 0 heterocycles. The van der Waals surface area contributed by atoms with Gasteiger partial charge in [-0.25, -0.2) is 17.6 Å². The van der Waals surface area contributed by atoms with Crippen LogP contribution >= 0.6 is 0 Å². The quantitative estimate of drug-likeness (QED) is 0.680. The molecule has 0 aromatic heterocycles. The van der Waals surface area contributed by atoms with Gasteiger partial charge >= 0.3 is 0 Å². The molecule has 1 N–H and O–H groups in total. The predicted octanol–water partition coefficient (Wildman–Crippen LogP) is 3.86. The number of benzene rings is 2. The average Bonchev–Trinajstić information content (AvgIpc) is 2.46. The van der Waals surface area contributed by atoms with E-state index in [0.29, 0.717) is 11.3 Å². The summed E-state index contributed by atoms with van der Waals surface area (Å²) in [6.45, 7) is 0.0146. The first-order valence-corrected chi connectivity index (χ1v) is 5.72. The van der Waals surface area contributed by atoms with Crippen LogP contribution in [-0.4, -0.2) is 7.11 Å². The standard InChI is InChI=1S/C14H11F4NO/c1-20-9-4-2-8(3-5-9)7-19-14-12(17)10(15)6-11(16)13(14)18/h2-6,19H,7H2,1H3. The maximum absolute atomic E-state index is 13.4. The van der Waals surface area contributed by atoms with Crippen LogP contribution in [0.3, 0.4) is 0 Å². The summed E-state index contributed by atoms with van der Waals surface area (Å²) in [6.07, 6.45) is 0. The Labute approximate surface area is 113 Å². The van der Waals surface area contributed by atoms with E-state index in [-0.39, 0.29) is 12.6 Å². The molecule has 0 atom stereocenters. The van der Waals surface area contributed by atoms with Gasteiger partial charge in [-0.3, -0.25) is 0 Å². The molecule has 2 rings (SSSR count). The fourth-order valence-corrected chi connectivity index (χ4v) is 1.66. The van der Waals surface area contributed by atoms with Crippen molar-refractivity contribution in [2.75, 3.05) is 12.4 Å². The number of nitrogens with one attached hydrogen (secondary N) is 1. The second-order valence-corrected chi connectivity index (χ2v) is 4.04. The lowest BCUT2D eigenvalue weighted by molar-refractivity contribution is 0.414. The molecule has 2 aromatic carbocycles. The molecule has 0 fully saturated rings. The molecule has 0 bridgehead atoms. The third kappa shape index (κ3) is 2.84. The van der Waals surface area contributed by atoms with Crippen molar-refractivity contribution < 1.29 is 22.3 Å².